The summed E-state index contributed by atoms with van der Waals surface area (Å²) >= 11 is 0. The summed E-state index contributed by atoms with van der Waals surface area (Å²) in [5, 5.41) is 0. The molecule has 0 aliphatic carbocycles. The van der Waals surface area contributed by atoms with Gasteiger partial charge in [0.25, 0.3) is 0 Å². The van der Waals surface area contributed by atoms with Crippen molar-refractivity contribution in [1.82, 2.24) is 0 Å². The second-order valence-electron chi connectivity index (χ2n) is 8.33. The van der Waals surface area contributed by atoms with Gasteiger partial charge in [0.1, 0.15) is 5.67 Å². The smallest absolute Gasteiger partial charge is 0.243 e. The summed E-state index contributed by atoms with van der Waals surface area (Å²) in [6.45, 7) is 9.74. The predicted molar refractivity (Wildman–Crippen MR) is 76.7 cm³/mol. The zero-order chi connectivity index (χ0) is 19.3. The van der Waals surface area contributed by atoms with Gasteiger partial charge in [-0.2, -0.15) is 26.3 Å². The molecule has 0 spiro atoms. The molecule has 0 bridgehead atoms. The van der Waals surface area contributed by atoms with Crippen LogP contribution < -0.4 is 0 Å². The Balaban J connectivity index is 6.32. The van der Waals surface area contributed by atoms with Gasteiger partial charge in [-0.3, -0.25) is 0 Å². The second kappa shape index (κ2) is 5.80. The van der Waals surface area contributed by atoms with Crippen LogP contribution in [0.1, 0.15) is 61.8 Å². The third kappa shape index (κ3) is 3.63. The minimum atomic E-state index is -5.52. The Hall–Kier alpha value is -0.490. The van der Waals surface area contributed by atoms with Gasteiger partial charge in [-0.25, -0.2) is 4.39 Å². The number of halogens is 7. The van der Waals surface area contributed by atoms with Crippen molar-refractivity contribution < 1.29 is 30.7 Å². The van der Waals surface area contributed by atoms with Crippen LogP contribution >= 0.6 is 0 Å². The molecule has 0 N–H and O–H groups in total. The van der Waals surface area contributed by atoms with Gasteiger partial charge >= 0.3 is 12.4 Å². The Bertz CT molecular complexity index is 396. The molecular formula is C16H27F7. The first-order valence-corrected chi connectivity index (χ1v) is 7.47. The van der Waals surface area contributed by atoms with E-state index in [0.717, 1.165) is 6.92 Å². The lowest BCUT2D eigenvalue weighted by atomic mass is 9.54. The molecule has 0 nitrogen and oxygen atoms in total. The van der Waals surface area contributed by atoms with E-state index in [1.807, 2.05) is 0 Å². The number of hydrogen-bond acceptors (Lipinski definition) is 0. The summed E-state index contributed by atoms with van der Waals surface area (Å²) < 4.78 is 94.9. The van der Waals surface area contributed by atoms with E-state index in [4.69, 9.17) is 0 Å². The molecule has 0 saturated heterocycles. The minimum Gasteiger partial charge on any atom is -0.243 e. The van der Waals surface area contributed by atoms with Crippen LogP contribution in [0.15, 0.2) is 0 Å². The molecule has 0 rings (SSSR count). The molecule has 23 heavy (non-hydrogen) atoms. The molecule has 0 aromatic heterocycles. The zero-order valence-corrected chi connectivity index (χ0v) is 14.9. The summed E-state index contributed by atoms with van der Waals surface area (Å²) in [5.41, 5.74) is -9.17. The zero-order valence-electron chi connectivity index (χ0n) is 14.9. The molecule has 0 aromatic rings. The average molecular weight is 352 g/mol. The maximum Gasteiger partial charge on any atom is 0.402 e. The van der Waals surface area contributed by atoms with Crippen LogP contribution in [0.2, 0.25) is 0 Å². The fraction of sp³-hybridized carbons (Fsp3) is 1.00. The Morgan fingerprint density at radius 2 is 0.957 bits per heavy atom. The van der Waals surface area contributed by atoms with Crippen LogP contribution in [-0.2, 0) is 0 Å². The first-order chi connectivity index (χ1) is 9.65. The number of rotatable bonds is 4. The van der Waals surface area contributed by atoms with Gasteiger partial charge in [-0.15, -0.1) is 0 Å². The van der Waals surface area contributed by atoms with Crippen LogP contribution in [0, 0.1) is 22.2 Å². The van der Waals surface area contributed by atoms with Gasteiger partial charge in [0.05, 0.1) is 0 Å². The molecule has 7 heteroatoms. The summed E-state index contributed by atoms with van der Waals surface area (Å²) in [6.07, 6.45) is -12.4. The Morgan fingerprint density at radius 3 is 1.13 bits per heavy atom. The summed E-state index contributed by atoms with van der Waals surface area (Å²) in [4.78, 5) is 0. The van der Waals surface area contributed by atoms with Crippen molar-refractivity contribution in [2.24, 2.45) is 22.2 Å². The third-order valence-corrected chi connectivity index (χ3v) is 5.73. The number of alkyl halides is 7. The molecule has 0 aliphatic rings. The van der Waals surface area contributed by atoms with E-state index in [-0.39, 0.29) is 6.92 Å². The third-order valence-electron chi connectivity index (χ3n) is 5.73. The highest BCUT2D eigenvalue weighted by molar-refractivity contribution is 5.07. The van der Waals surface area contributed by atoms with Gasteiger partial charge in [0, 0.05) is 5.41 Å². The highest BCUT2D eigenvalue weighted by Crippen LogP contribution is 2.62. The van der Waals surface area contributed by atoms with Gasteiger partial charge in [0.15, 0.2) is 5.41 Å². The maximum atomic E-state index is 15.5. The molecule has 2 unspecified atom stereocenters. The SMILES string of the molecule is CC(C)C(C)(CC(C)(C(F)(F)F)C(F)(F)F)C(C)(F)C(C)(C)C. The van der Waals surface area contributed by atoms with E-state index in [1.165, 1.54) is 41.5 Å². The highest BCUT2D eigenvalue weighted by atomic mass is 19.4. The lowest BCUT2D eigenvalue weighted by molar-refractivity contribution is -0.349. The van der Waals surface area contributed by atoms with Crippen molar-refractivity contribution in [2.75, 3.05) is 0 Å². The predicted octanol–water partition coefficient (Wildman–Crippen LogP) is 6.94. The molecule has 2 atom stereocenters. The normalized spacial score (nSPS) is 20.3. The molecule has 140 valence electrons. The molecule has 0 aromatic carbocycles. The average Bonchev–Trinajstić information content (AvgIpc) is 2.23. The van der Waals surface area contributed by atoms with Crippen LogP contribution in [0.4, 0.5) is 30.7 Å². The van der Waals surface area contributed by atoms with Crippen molar-refractivity contribution in [3.8, 4) is 0 Å². The summed E-state index contributed by atoms with van der Waals surface area (Å²) in [7, 11) is 0. The van der Waals surface area contributed by atoms with Gasteiger partial charge in [-0.05, 0) is 31.6 Å². The monoisotopic (exact) mass is 352 g/mol. The lowest BCUT2D eigenvalue weighted by Gasteiger charge is -2.54. The largest absolute Gasteiger partial charge is 0.402 e. The Labute approximate surface area is 133 Å². The summed E-state index contributed by atoms with van der Waals surface area (Å²) in [6, 6.07) is 0. The fourth-order valence-electron chi connectivity index (χ4n) is 2.86. The molecule has 0 radical (unpaired) electrons. The molecular weight excluding hydrogens is 325 g/mol. The van der Waals surface area contributed by atoms with Crippen LogP contribution in [0.25, 0.3) is 0 Å². The van der Waals surface area contributed by atoms with E-state index in [1.54, 1.807) is 0 Å². The lowest BCUT2D eigenvalue weighted by Crippen LogP contribution is -2.59. The van der Waals surface area contributed by atoms with Crippen LogP contribution in [0.5, 0.6) is 0 Å². The van der Waals surface area contributed by atoms with Crippen molar-refractivity contribution in [3.63, 3.8) is 0 Å². The molecule has 0 saturated carbocycles. The molecule has 0 amide bonds. The van der Waals surface area contributed by atoms with Crippen LogP contribution in [-0.4, -0.2) is 18.0 Å². The highest BCUT2D eigenvalue weighted by Gasteiger charge is 2.71. The molecule has 0 fully saturated rings. The van der Waals surface area contributed by atoms with E-state index in [2.05, 4.69) is 0 Å². The van der Waals surface area contributed by atoms with E-state index < -0.39 is 46.6 Å². The second-order valence-corrected chi connectivity index (χ2v) is 8.33. The van der Waals surface area contributed by atoms with Gasteiger partial charge < -0.3 is 0 Å². The quantitative estimate of drug-likeness (QED) is 0.481. The van der Waals surface area contributed by atoms with Crippen molar-refractivity contribution in [2.45, 2.75) is 79.8 Å². The standard InChI is InChI=1S/C16H27F7/c1-10(2)12(6,14(8,17)11(3,4)5)9-13(7,15(18,19)20)16(21,22)23/h10H,9H2,1-8H3. The van der Waals surface area contributed by atoms with Gasteiger partial charge in [0.2, 0.25) is 0 Å². The topological polar surface area (TPSA) is 0 Å². The van der Waals surface area contributed by atoms with E-state index in [9.17, 15) is 26.3 Å². The summed E-state index contributed by atoms with van der Waals surface area (Å²) in [5.74, 6) is -0.722. The van der Waals surface area contributed by atoms with E-state index in [0.29, 0.717) is 0 Å². The van der Waals surface area contributed by atoms with Crippen LogP contribution in [0.3, 0.4) is 0 Å². The van der Waals surface area contributed by atoms with Gasteiger partial charge in [-0.1, -0.05) is 41.5 Å². The number of hydrogen-bond donors (Lipinski definition) is 0. The Kier molecular flexibility index (Phi) is 5.67. The Morgan fingerprint density at radius 1 is 0.652 bits per heavy atom. The molecule has 0 aliphatic heterocycles. The minimum absolute atomic E-state index is 0.117. The first-order valence-electron chi connectivity index (χ1n) is 7.47. The molecule has 0 heterocycles. The van der Waals surface area contributed by atoms with Crippen molar-refractivity contribution in [1.29, 1.82) is 0 Å². The van der Waals surface area contributed by atoms with Crippen molar-refractivity contribution >= 4 is 0 Å². The maximum absolute atomic E-state index is 15.5. The fourth-order valence-corrected chi connectivity index (χ4v) is 2.86. The van der Waals surface area contributed by atoms with E-state index >= 15 is 4.39 Å². The van der Waals surface area contributed by atoms with Crippen molar-refractivity contribution in [3.05, 3.63) is 0 Å². The first kappa shape index (κ1) is 22.5.